The Morgan fingerprint density at radius 3 is 2.65 bits per heavy atom. The van der Waals surface area contributed by atoms with E-state index >= 15 is 0 Å². The molecule has 1 aromatic rings. The minimum atomic E-state index is -0.159. The van der Waals surface area contributed by atoms with Gasteiger partial charge < -0.3 is 15.3 Å². The maximum absolute atomic E-state index is 9.65. The van der Waals surface area contributed by atoms with E-state index in [2.05, 4.69) is 41.0 Å². The molecule has 5 nitrogen and oxygen atoms in total. The summed E-state index contributed by atoms with van der Waals surface area (Å²) >= 11 is 0. The summed E-state index contributed by atoms with van der Waals surface area (Å²) in [7, 11) is 0. The Morgan fingerprint density at radius 1 is 1.35 bits per heavy atom. The predicted molar refractivity (Wildman–Crippen MR) is 82.4 cm³/mol. The Balaban J connectivity index is 2.27. The van der Waals surface area contributed by atoms with Crippen LogP contribution >= 0.6 is 0 Å². The van der Waals surface area contributed by atoms with Crippen molar-refractivity contribution in [2.24, 2.45) is 0 Å². The second-order valence-corrected chi connectivity index (χ2v) is 5.76. The number of hydrogen-bond acceptors (Lipinski definition) is 5. The molecule has 0 atom stereocenters. The van der Waals surface area contributed by atoms with E-state index in [1.165, 1.54) is 5.56 Å². The molecular weight excluding hydrogens is 252 g/mol. The summed E-state index contributed by atoms with van der Waals surface area (Å²) in [6.45, 7) is 9.16. The molecule has 1 aromatic heterocycles. The first-order chi connectivity index (χ1) is 9.63. The van der Waals surface area contributed by atoms with Gasteiger partial charge in [0.2, 0.25) is 0 Å². The lowest BCUT2D eigenvalue weighted by molar-refractivity contribution is 0.145. The van der Waals surface area contributed by atoms with Gasteiger partial charge in [0, 0.05) is 25.2 Å². The van der Waals surface area contributed by atoms with Crippen LogP contribution in [0.5, 0.6) is 0 Å². The first-order valence-electron chi connectivity index (χ1n) is 7.65. The fourth-order valence-corrected chi connectivity index (χ4v) is 2.63. The summed E-state index contributed by atoms with van der Waals surface area (Å²) in [4.78, 5) is 11.2. The average Bonchev–Trinajstić information content (AvgIpc) is 2.45. The van der Waals surface area contributed by atoms with Crippen LogP contribution in [0.3, 0.4) is 0 Å². The van der Waals surface area contributed by atoms with Gasteiger partial charge in [-0.15, -0.1) is 0 Å². The van der Waals surface area contributed by atoms with Crippen molar-refractivity contribution in [2.75, 3.05) is 29.9 Å². The number of nitrogens with zero attached hydrogens (tertiary/aromatic N) is 3. The summed E-state index contributed by atoms with van der Waals surface area (Å²) in [5, 5.41) is 13.1. The SMILES string of the molecule is CCCNc1ncnc(N2CCC(O)CC2)c1C(C)C. The van der Waals surface area contributed by atoms with Crippen LogP contribution in [-0.2, 0) is 0 Å². The van der Waals surface area contributed by atoms with Crippen molar-refractivity contribution in [3.8, 4) is 0 Å². The highest BCUT2D eigenvalue weighted by Gasteiger charge is 2.23. The number of anilines is 2. The van der Waals surface area contributed by atoms with E-state index < -0.39 is 0 Å². The largest absolute Gasteiger partial charge is 0.393 e. The van der Waals surface area contributed by atoms with Gasteiger partial charge in [-0.3, -0.25) is 0 Å². The zero-order valence-electron chi connectivity index (χ0n) is 12.8. The number of aromatic nitrogens is 2. The number of rotatable bonds is 5. The van der Waals surface area contributed by atoms with Crippen LogP contribution in [0.15, 0.2) is 6.33 Å². The molecule has 0 saturated carbocycles. The minimum Gasteiger partial charge on any atom is -0.393 e. The molecule has 1 fully saturated rings. The van der Waals surface area contributed by atoms with Crippen LogP contribution in [0.25, 0.3) is 0 Å². The van der Waals surface area contributed by atoms with Crippen LogP contribution in [0, 0.1) is 0 Å². The molecule has 2 heterocycles. The van der Waals surface area contributed by atoms with Gasteiger partial charge >= 0.3 is 0 Å². The second-order valence-electron chi connectivity index (χ2n) is 5.76. The first kappa shape index (κ1) is 15.0. The Hall–Kier alpha value is -1.36. The van der Waals surface area contributed by atoms with Crippen molar-refractivity contribution in [1.29, 1.82) is 0 Å². The van der Waals surface area contributed by atoms with Crippen molar-refractivity contribution < 1.29 is 5.11 Å². The first-order valence-corrected chi connectivity index (χ1v) is 7.65. The van der Waals surface area contributed by atoms with Gasteiger partial charge in [0.25, 0.3) is 0 Å². The monoisotopic (exact) mass is 278 g/mol. The van der Waals surface area contributed by atoms with Gasteiger partial charge in [-0.2, -0.15) is 0 Å². The maximum atomic E-state index is 9.65. The van der Waals surface area contributed by atoms with E-state index in [1.54, 1.807) is 6.33 Å². The molecule has 1 aliphatic heterocycles. The standard InChI is InChI=1S/C15H26N4O/c1-4-7-16-14-13(11(2)3)15(18-10-17-14)19-8-5-12(20)6-9-19/h10-12,20H,4-9H2,1-3H3,(H,16,17,18). The lowest BCUT2D eigenvalue weighted by atomic mass is 10.0. The molecule has 0 spiro atoms. The Labute approximate surface area is 121 Å². The fraction of sp³-hybridized carbons (Fsp3) is 0.733. The summed E-state index contributed by atoms with van der Waals surface area (Å²) in [5.41, 5.74) is 1.19. The van der Waals surface area contributed by atoms with Crippen LogP contribution in [-0.4, -0.2) is 40.8 Å². The molecule has 2 N–H and O–H groups in total. The van der Waals surface area contributed by atoms with Gasteiger partial charge in [-0.25, -0.2) is 9.97 Å². The molecular formula is C15H26N4O. The van der Waals surface area contributed by atoms with Crippen LogP contribution in [0.2, 0.25) is 0 Å². The second kappa shape index (κ2) is 6.88. The highest BCUT2D eigenvalue weighted by Crippen LogP contribution is 2.32. The molecule has 0 aliphatic carbocycles. The molecule has 2 rings (SSSR count). The van der Waals surface area contributed by atoms with Crippen molar-refractivity contribution in [3.63, 3.8) is 0 Å². The zero-order valence-corrected chi connectivity index (χ0v) is 12.8. The van der Waals surface area contributed by atoms with Gasteiger partial charge in [0.1, 0.15) is 18.0 Å². The third-order valence-electron chi connectivity index (χ3n) is 3.75. The molecule has 1 saturated heterocycles. The van der Waals surface area contributed by atoms with Crippen LogP contribution in [0.4, 0.5) is 11.6 Å². The molecule has 20 heavy (non-hydrogen) atoms. The summed E-state index contributed by atoms with van der Waals surface area (Å²) < 4.78 is 0. The quantitative estimate of drug-likeness (QED) is 0.866. The van der Waals surface area contributed by atoms with Crippen molar-refractivity contribution >= 4 is 11.6 Å². The highest BCUT2D eigenvalue weighted by atomic mass is 16.3. The number of hydrogen-bond donors (Lipinski definition) is 2. The Morgan fingerprint density at radius 2 is 2.05 bits per heavy atom. The van der Waals surface area contributed by atoms with Crippen molar-refractivity contribution in [2.45, 2.75) is 52.1 Å². The van der Waals surface area contributed by atoms with Crippen LogP contribution in [0.1, 0.15) is 51.5 Å². The molecule has 0 aromatic carbocycles. The van der Waals surface area contributed by atoms with E-state index in [0.29, 0.717) is 5.92 Å². The molecule has 112 valence electrons. The molecule has 0 radical (unpaired) electrons. The van der Waals surface area contributed by atoms with E-state index in [-0.39, 0.29) is 6.10 Å². The zero-order chi connectivity index (χ0) is 14.5. The lowest BCUT2D eigenvalue weighted by Crippen LogP contribution is -2.37. The summed E-state index contributed by atoms with van der Waals surface area (Å²) in [6.07, 6.45) is 4.20. The number of aliphatic hydroxyl groups is 1. The lowest BCUT2D eigenvalue weighted by Gasteiger charge is -2.32. The summed E-state index contributed by atoms with van der Waals surface area (Å²) in [6, 6.07) is 0. The van der Waals surface area contributed by atoms with Crippen LogP contribution < -0.4 is 10.2 Å². The Kier molecular flexibility index (Phi) is 5.17. The van der Waals surface area contributed by atoms with E-state index in [4.69, 9.17) is 0 Å². The Bertz CT molecular complexity index is 428. The third-order valence-corrected chi connectivity index (χ3v) is 3.75. The van der Waals surface area contributed by atoms with E-state index in [1.807, 2.05) is 0 Å². The van der Waals surface area contributed by atoms with Gasteiger partial charge in [0.15, 0.2) is 0 Å². The smallest absolute Gasteiger partial charge is 0.137 e. The van der Waals surface area contributed by atoms with E-state index in [9.17, 15) is 5.11 Å². The fourth-order valence-electron chi connectivity index (χ4n) is 2.63. The molecule has 1 aliphatic rings. The topological polar surface area (TPSA) is 61.3 Å². The average molecular weight is 278 g/mol. The highest BCUT2D eigenvalue weighted by molar-refractivity contribution is 5.60. The van der Waals surface area contributed by atoms with Crippen molar-refractivity contribution in [1.82, 2.24) is 9.97 Å². The summed E-state index contributed by atoms with van der Waals surface area (Å²) in [5.74, 6) is 2.36. The number of piperidine rings is 1. The molecule has 5 heteroatoms. The number of nitrogens with one attached hydrogen (secondary N) is 1. The van der Waals surface area contributed by atoms with Gasteiger partial charge in [-0.1, -0.05) is 20.8 Å². The third kappa shape index (κ3) is 3.39. The predicted octanol–water partition coefficient (Wildman–Crippen LogP) is 2.38. The minimum absolute atomic E-state index is 0.159. The van der Waals surface area contributed by atoms with E-state index in [0.717, 1.165) is 50.5 Å². The van der Waals surface area contributed by atoms with Crippen molar-refractivity contribution in [3.05, 3.63) is 11.9 Å². The molecule has 0 unspecified atom stereocenters. The molecule has 0 bridgehead atoms. The maximum Gasteiger partial charge on any atom is 0.137 e. The van der Waals surface area contributed by atoms with Gasteiger partial charge in [0.05, 0.1) is 6.10 Å². The number of aliphatic hydroxyl groups excluding tert-OH is 1. The molecule has 0 amide bonds. The normalized spacial score (nSPS) is 16.8. The van der Waals surface area contributed by atoms with Gasteiger partial charge in [-0.05, 0) is 25.2 Å².